The molecule has 1 unspecified atom stereocenters. The fraction of sp³-hybridized carbons (Fsp3) is 0.750. The predicted molar refractivity (Wildman–Crippen MR) is 85.2 cm³/mol. The van der Waals surface area contributed by atoms with E-state index in [4.69, 9.17) is 0 Å². The van der Waals surface area contributed by atoms with Crippen LogP contribution in [0.1, 0.15) is 13.3 Å². The molecule has 2 N–H and O–H groups in total. The zero-order chi connectivity index (χ0) is 11.8. The number of aliphatic imine (C=N–C) groups is 1. The van der Waals surface area contributed by atoms with Crippen LogP contribution in [0.5, 0.6) is 0 Å². The van der Waals surface area contributed by atoms with E-state index in [9.17, 15) is 0 Å². The van der Waals surface area contributed by atoms with Crippen molar-refractivity contribution in [1.82, 2.24) is 15.5 Å². The lowest BCUT2D eigenvalue weighted by molar-refractivity contribution is 0.342. The number of guanidine groups is 1. The number of halogens is 1. The van der Waals surface area contributed by atoms with Crippen LogP contribution in [0, 0.1) is 5.92 Å². The van der Waals surface area contributed by atoms with Gasteiger partial charge in [0.1, 0.15) is 0 Å². The van der Waals surface area contributed by atoms with Crippen LogP contribution in [0.25, 0.3) is 0 Å². The molecule has 0 saturated carbocycles. The summed E-state index contributed by atoms with van der Waals surface area (Å²) in [6.07, 6.45) is 3.13. The molecule has 1 aliphatic heterocycles. The first kappa shape index (κ1) is 16.7. The van der Waals surface area contributed by atoms with Crippen molar-refractivity contribution in [3.63, 3.8) is 0 Å². The Kier molecular flexibility index (Phi) is 9.53. The van der Waals surface area contributed by atoms with Crippen molar-refractivity contribution >= 4 is 29.9 Å². The summed E-state index contributed by atoms with van der Waals surface area (Å²) in [5.74, 6) is 1.62. The van der Waals surface area contributed by atoms with Gasteiger partial charge in [0.15, 0.2) is 5.96 Å². The molecule has 0 aromatic rings. The second-order valence-electron chi connectivity index (χ2n) is 4.17. The third kappa shape index (κ3) is 6.26. The molecule has 1 heterocycles. The highest BCUT2D eigenvalue weighted by molar-refractivity contribution is 14.0. The van der Waals surface area contributed by atoms with Gasteiger partial charge in [0.25, 0.3) is 0 Å². The predicted octanol–water partition coefficient (Wildman–Crippen LogP) is 1.30. The van der Waals surface area contributed by atoms with Crippen LogP contribution < -0.4 is 10.6 Å². The summed E-state index contributed by atoms with van der Waals surface area (Å²) in [4.78, 5) is 6.65. The molecular weight excluding hydrogens is 327 g/mol. The van der Waals surface area contributed by atoms with Crippen molar-refractivity contribution in [2.75, 3.05) is 39.8 Å². The van der Waals surface area contributed by atoms with Gasteiger partial charge in [-0.15, -0.1) is 30.6 Å². The van der Waals surface area contributed by atoms with Crippen molar-refractivity contribution in [1.29, 1.82) is 0 Å². The lowest BCUT2D eigenvalue weighted by Gasteiger charge is -2.15. The Morgan fingerprint density at radius 1 is 1.53 bits per heavy atom. The van der Waals surface area contributed by atoms with E-state index in [2.05, 4.69) is 34.0 Å². The standard InChI is InChI=1S/C12H24N4.HI/c1-4-7-14-12(13-3)15-9-11-6-8-16(5-2)10-11;/h4,11H,1,5-10H2,2-3H3,(H2,13,14,15);1H. The van der Waals surface area contributed by atoms with Crippen LogP contribution in [0.2, 0.25) is 0 Å². The molecular formula is C12H25IN4. The zero-order valence-corrected chi connectivity index (χ0v) is 13.2. The topological polar surface area (TPSA) is 39.7 Å². The van der Waals surface area contributed by atoms with Gasteiger partial charge in [0.2, 0.25) is 0 Å². The van der Waals surface area contributed by atoms with E-state index < -0.39 is 0 Å². The Balaban J connectivity index is 0.00000256. The number of nitrogens with one attached hydrogen (secondary N) is 2. The van der Waals surface area contributed by atoms with E-state index >= 15 is 0 Å². The second-order valence-corrected chi connectivity index (χ2v) is 4.17. The zero-order valence-electron chi connectivity index (χ0n) is 10.9. The van der Waals surface area contributed by atoms with Crippen LogP contribution in [0.15, 0.2) is 17.6 Å². The van der Waals surface area contributed by atoms with Gasteiger partial charge in [-0.1, -0.05) is 13.0 Å². The smallest absolute Gasteiger partial charge is 0.191 e. The maximum atomic E-state index is 4.16. The molecule has 100 valence electrons. The minimum Gasteiger partial charge on any atom is -0.356 e. The Labute approximate surface area is 122 Å². The fourth-order valence-electron chi connectivity index (χ4n) is 2.00. The summed E-state index contributed by atoms with van der Waals surface area (Å²) in [6.45, 7) is 11.3. The van der Waals surface area contributed by atoms with E-state index in [-0.39, 0.29) is 24.0 Å². The molecule has 0 aromatic heterocycles. The Morgan fingerprint density at radius 2 is 2.29 bits per heavy atom. The van der Waals surface area contributed by atoms with Gasteiger partial charge in [-0.2, -0.15) is 0 Å². The number of rotatable bonds is 5. The highest BCUT2D eigenvalue weighted by Gasteiger charge is 2.20. The quantitative estimate of drug-likeness (QED) is 0.339. The molecule has 1 atom stereocenters. The highest BCUT2D eigenvalue weighted by atomic mass is 127. The summed E-state index contributed by atoms with van der Waals surface area (Å²) < 4.78 is 0. The molecule has 1 rings (SSSR count). The van der Waals surface area contributed by atoms with Crippen molar-refractivity contribution in [2.24, 2.45) is 10.9 Å². The summed E-state index contributed by atoms with van der Waals surface area (Å²) in [6, 6.07) is 0. The largest absolute Gasteiger partial charge is 0.356 e. The van der Waals surface area contributed by atoms with E-state index in [1.54, 1.807) is 7.05 Å². The molecule has 5 heteroatoms. The van der Waals surface area contributed by atoms with Crippen molar-refractivity contribution in [3.8, 4) is 0 Å². The van der Waals surface area contributed by atoms with E-state index in [0.717, 1.165) is 25.0 Å². The Hall–Kier alpha value is -0.300. The minimum atomic E-state index is 0. The van der Waals surface area contributed by atoms with Gasteiger partial charge < -0.3 is 15.5 Å². The molecule has 1 saturated heterocycles. The van der Waals surface area contributed by atoms with Crippen molar-refractivity contribution in [2.45, 2.75) is 13.3 Å². The number of nitrogens with zero attached hydrogens (tertiary/aromatic N) is 2. The molecule has 0 bridgehead atoms. The summed E-state index contributed by atoms with van der Waals surface area (Å²) in [7, 11) is 1.80. The highest BCUT2D eigenvalue weighted by Crippen LogP contribution is 2.14. The van der Waals surface area contributed by atoms with Crippen LogP contribution in [0.4, 0.5) is 0 Å². The maximum absolute atomic E-state index is 4.16. The SMILES string of the molecule is C=CCNC(=NC)NCC1CCN(CC)C1.I. The second kappa shape index (κ2) is 9.70. The van der Waals surface area contributed by atoms with Gasteiger partial charge in [0.05, 0.1) is 0 Å². The molecule has 4 nitrogen and oxygen atoms in total. The third-order valence-corrected chi connectivity index (χ3v) is 3.01. The molecule has 17 heavy (non-hydrogen) atoms. The first-order chi connectivity index (χ1) is 7.80. The van der Waals surface area contributed by atoms with Crippen molar-refractivity contribution in [3.05, 3.63) is 12.7 Å². The summed E-state index contributed by atoms with van der Waals surface area (Å²) in [5.41, 5.74) is 0. The summed E-state index contributed by atoms with van der Waals surface area (Å²) >= 11 is 0. The number of hydrogen-bond acceptors (Lipinski definition) is 2. The van der Waals surface area contributed by atoms with Crippen LogP contribution >= 0.6 is 24.0 Å². The van der Waals surface area contributed by atoms with Crippen LogP contribution in [-0.2, 0) is 0 Å². The molecule has 1 fully saturated rings. The van der Waals surface area contributed by atoms with E-state index in [0.29, 0.717) is 0 Å². The minimum absolute atomic E-state index is 0. The van der Waals surface area contributed by atoms with E-state index in [1.165, 1.54) is 26.1 Å². The third-order valence-electron chi connectivity index (χ3n) is 3.01. The van der Waals surface area contributed by atoms with Crippen LogP contribution in [-0.4, -0.2) is 50.6 Å². The van der Waals surface area contributed by atoms with Gasteiger partial charge >= 0.3 is 0 Å². The normalized spacial score (nSPS) is 20.8. The van der Waals surface area contributed by atoms with Crippen LogP contribution in [0.3, 0.4) is 0 Å². The molecule has 0 aliphatic carbocycles. The van der Waals surface area contributed by atoms with Gasteiger partial charge in [0, 0.05) is 26.7 Å². The molecule has 0 aromatic carbocycles. The van der Waals surface area contributed by atoms with Crippen molar-refractivity contribution < 1.29 is 0 Å². The first-order valence-electron chi connectivity index (χ1n) is 6.07. The lowest BCUT2D eigenvalue weighted by Crippen LogP contribution is -2.40. The summed E-state index contributed by atoms with van der Waals surface area (Å²) in [5, 5.41) is 6.53. The molecule has 0 spiro atoms. The average Bonchev–Trinajstić information content (AvgIpc) is 2.77. The van der Waals surface area contributed by atoms with Gasteiger partial charge in [-0.3, -0.25) is 4.99 Å². The maximum Gasteiger partial charge on any atom is 0.191 e. The Morgan fingerprint density at radius 3 is 2.82 bits per heavy atom. The number of hydrogen-bond donors (Lipinski definition) is 2. The van der Waals surface area contributed by atoms with Gasteiger partial charge in [-0.25, -0.2) is 0 Å². The lowest BCUT2D eigenvalue weighted by atomic mass is 10.1. The Bertz CT molecular complexity index is 243. The molecule has 0 radical (unpaired) electrons. The first-order valence-corrected chi connectivity index (χ1v) is 6.07. The molecule has 1 aliphatic rings. The van der Waals surface area contributed by atoms with Gasteiger partial charge in [-0.05, 0) is 25.4 Å². The fourth-order valence-corrected chi connectivity index (χ4v) is 2.00. The average molecular weight is 352 g/mol. The molecule has 0 amide bonds. The number of likely N-dealkylation sites (tertiary alicyclic amines) is 1. The van der Waals surface area contributed by atoms with E-state index in [1.807, 2.05) is 6.08 Å². The monoisotopic (exact) mass is 352 g/mol.